The Morgan fingerprint density at radius 2 is 2.18 bits per heavy atom. The topological polar surface area (TPSA) is 75.1 Å². The number of azide groups is 1. The lowest BCUT2D eigenvalue weighted by atomic mass is 10.1. The van der Waals surface area contributed by atoms with Crippen molar-refractivity contribution >= 4 is 5.97 Å². The highest BCUT2D eigenvalue weighted by molar-refractivity contribution is 5.88. The summed E-state index contributed by atoms with van der Waals surface area (Å²) >= 11 is 0. The van der Waals surface area contributed by atoms with E-state index in [9.17, 15) is 4.79 Å². The molecule has 0 saturated carbocycles. The second-order valence-corrected chi connectivity index (χ2v) is 3.30. The molecule has 5 heteroatoms. The first-order valence-corrected chi connectivity index (χ1v) is 5.10. The molecule has 0 spiro atoms. The SMILES string of the molecule is COC(=O)/C(=C/Cc1ccccc1)CN=[N+]=[N-]. The molecular formula is C12H13N3O2. The number of allylic oxidation sites excluding steroid dienone is 1. The Balaban J connectivity index is 2.76. The number of nitrogens with zero attached hydrogens (tertiary/aromatic N) is 3. The van der Waals surface area contributed by atoms with Gasteiger partial charge >= 0.3 is 5.97 Å². The Kier molecular flexibility index (Phi) is 5.34. The number of methoxy groups -OCH3 is 1. The minimum absolute atomic E-state index is 0.00993. The maximum Gasteiger partial charge on any atom is 0.333 e. The van der Waals surface area contributed by atoms with Crippen molar-refractivity contribution in [1.29, 1.82) is 0 Å². The van der Waals surface area contributed by atoms with Gasteiger partial charge in [-0.05, 0) is 17.5 Å². The van der Waals surface area contributed by atoms with Crippen LogP contribution in [0.2, 0.25) is 0 Å². The fraction of sp³-hybridized carbons (Fsp3) is 0.250. The van der Waals surface area contributed by atoms with Crippen molar-refractivity contribution in [3.63, 3.8) is 0 Å². The van der Waals surface area contributed by atoms with Crippen molar-refractivity contribution in [2.75, 3.05) is 13.7 Å². The fourth-order valence-corrected chi connectivity index (χ4v) is 1.31. The van der Waals surface area contributed by atoms with Crippen molar-refractivity contribution in [3.8, 4) is 0 Å². The van der Waals surface area contributed by atoms with Crippen LogP contribution < -0.4 is 0 Å². The minimum Gasteiger partial charge on any atom is -0.466 e. The van der Waals surface area contributed by atoms with Crippen LogP contribution in [-0.4, -0.2) is 19.6 Å². The zero-order valence-electron chi connectivity index (χ0n) is 9.54. The van der Waals surface area contributed by atoms with E-state index in [-0.39, 0.29) is 6.54 Å². The fourth-order valence-electron chi connectivity index (χ4n) is 1.31. The van der Waals surface area contributed by atoms with Crippen molar-refractivity contribution < 1.29 is 9.53 Å². The molecule has 0 aromatic heterocycles. The molecule has 17 heavy (non-hydrogen) atoms. The number of esters is 1. The highest BCUT2D eigenvalue weighted by Gasteiger charge is 2.07. The molecule has 0 heterocycles. The van der Waals surface area contributed by atoms with Crippen LogP contribution in [-0.2, 0) is 16.0 Å². The van der Waals surface area contributed by atoms with Gasteiger partial charge in [0.1, 0.15) is 0 Å². The van der Waals surface area contributed by atoms with Crippen LogP contribution in [0.3, 0.4) is 0 Å². The lowest BCUT2D eigenvalue weighted by molar-refractivity contribution is -0.136. The summed E-state index contributed by atoms with van der Waals surface area (Å²) in [5.41, 5.74) is 9.68. The molecule has 1 rings (SSSR count). The van der Waals surface area contributed by atoms with Crippen LogP contribution in [0.1, 0.15) is 5.56 Å². The largest absolute Gasteiger partial charge is 0.466 e. The van der Waals surface area contributed by atoms with Gasteiger partial charge in [-0.1, -0.05) is 41.5 Å². The molecule has 1 aromatic carbocycles. The molecule has 0 amide bonds. The van der Waals surface area contributed by atoms with Gasteiger partial charge in [-0.25, -0.2) is 4.79 Å². The van der Waals surface area contributed by atoms with Crippen molar-refractivity contribution in [1.82, 2.24) is 0 Å². The van der Waals surface area contributed by atoms with E-state index >= 15 is 0 Å². The molecule has 0 radical (unpaired) electrons. The maximum absolute atomic E-state index is 11.4. The van der Waals surface area contributed by atoms with Gasteiger partial charge in [-0.15, -0.1) is 0 Å². The van der Waals surface area contributed by atoms with Gasteiger partial charge in [-0.2, -0.15) is 0 Å². The van der Waals surface area contributed by atoms with E-state index in [2.05, 4.69) is 14.8 Å². The number of benzene rings is 1. The predicted octanol–water partition coefficient (Wildman–Crippen LogP) is 2.64. The van der Waals surface area contributed by atoms with Gasteiger partial charge in [0.2, 0.25) is 0 Å². The second-order valence-electron chi connectivity index (χ2n) is 3.30. The Morgan fingerprint density at radius 1 is 1.47 bits per heavy atom. The lowest BCUT2D eigenvalue weighted by Crippen LogP contribution is -2.07. The monoisotopic (exact) mass is 231 g/mol. The average molecular weight is 231 g/mol. The minimum atomic E-state index is -0.465. The van der Waals surface area contributed by atoms with Gasteiger partial charge in [0, 0.05) is 10.5 Å². The number of hydrogen-bond acceptors (Lipinski definition) is 3. The summed E-state index contributed by atoms with van der Waals surface area (Å²) in [6.07, 6.45) is 2.32. The van der Waals surface area contributed by atoms with E-state index in [1.54, 1.807) is 6.08 Å². The Bertz CT molecular complexity index is 448. The van der Waals surface area contributed by atoms with E-state index in [0.717, 1.165) is 5.56 Å². The smallest absolute Gasteiger partial charge is 0.333 e. The number of carbonyl (C=O) groups is 1. The maximum atomic E-state index is 11.4. The Labute approximate surface area is 99.3 Å². The van der Waals surface area contributed by atoms with Gasteiger partial charge in [0.05, 0.1) is 13.7 Å². The number of ether oxygens (including phenoxy) is 1. The van der Waals surface area contributed by atoms with Crippen LogP contribution in [0.25, 0.3) is 10.4 Å². The van der Waals surface area contributed by atoms with Crippen LogP contribution in [0, 0.1) is 0 Å². The Hall–Kier alpha value is -2.26. The van der Waals surface area contributed by atoms with Gasteiger partial charge in [0.25, 0.3) is 0 Å². The number of carbonyl (C=O) groups excluding carboxylic acids is 1. The first-order valence-electron chi connectivity index (χ1n) is 5.10. The quantitative estimate of drug-likeness (QED) is 0.257. The molecule has 88 valence electrons. The van der Waals surface area contributed by atoms with Crippen LogP contribution >= 0.6 is 0 Å². The number of hydrogen-bond donors (Lipinski definition) is 0. The molecule has 1 aromatic rings. The molecule has 0 fully saturated rings. The van der Waals surface area contributed by atoms with Crippen LogP contribution in [0.15, 0.2) is 47.1 Å². The predicted molar refractivity (Wildman–Crippen MR) is 64.3 cm³/mol. The third-order valence-electron chi connectivity index (χ3n) is 2.18. The molecule has 5 nitrogen and oxygen atoms in total. The molecule has 0 bridgehead atoms. The van der Waals surface area contributed by atoms with Gasteiger partial charge in [0.15, 0.2) is 0 Å². The molecule has 0 atom stereocenters. The average Bonchev–Trinajstić information content (AvgIpc) is 2.39. The standard InChI is InChI=1S/C12H13N3O2/c1-17-12(16)11(9-14-15-13)8-7-10-5-3-2-4-6-10/h2-6,8H,7,9H2,1H3/b11-8+. The van der Waals surface area contributed by atoms with E-state index in [0.29, 0.717) is 12.0 Å². The third kappa shape index (κ3) is 4.40. The Morgan fingerprint density at radius 3 is 2.76 bits per heavy atom. The van der Waals surface area contributed by atoms with Gasteiger partial charge < -0.3 is 4.74 Å². The highest BCUT2D eigenvalue weighted by Crippen LogP contribution is 2.05. The summed E-state index contributed by atoms with van der Waals surface area (Å²) < 4.78 is 4.61. The third-order valence-corrected chi connectivity index (χ3v) is 2.18. The van der Waals surface area contributed by atoms with Crippen molar-refractivity contribution in [3.05, 3.63) is 58.0 Å². The summed E-state index contributed by atoms with van der Waals surface area (Å²) in [7, 11) is 1.30. The van der Waals surface area contributed by atoms with Crippen LogP contribution in [0.5, 0.6) is 0 Å². The van der Waals surface area contributed by atoms with Gasteiger partial charge in [-0.3, -0.25) is 0 Å². The molecule has 0 aliphatic rings. The molecule has 0 aliphatic heterocycles. The lowest BCUT2D eigenvalue weighted by Gasteiger charge is -2.02. The molecule has 0 saturated heterocycles. The zero-order valence-corrected chi connectivity index (χ0v) is 9.54. The number of rotatable bonds is 5. The van der Waals surface area contributed by atoms with E-state index in [1.165, 1.54) is 7.11 Å². The zero-order chi connectivity index (χ0) is 12.5. The molecular weight excluding hydrogens is 218 g/mol. The van der Waals surface area contributed by atoms with E-state index in [4.69, 9.17) is 5.53 Å². The van der Waals surface area contributed by atoms with Crippen molar-refractivity contribution in [2.45, 2.75) is 6.42 Å². The summed E-state index contributed by atoms with van der Waals surface area (Å²) in [5.74, 6) is -0.465. The molecule has 0 aliphatic carbocycles. The first kappa shape index (κ1) is 12.8. The van der Waals surface area contributed by atoms with Crippen molar-refractivity contribution in [2.24, 2.45) is 5.11 Å². The van der Waals surface area contributed by atoms with E-state index in [1.807, 2.05) is 30.3 Å². The second kappa shape index (κ2) is 7.09. The van der Waals surface area contributed by atoms with E-state index < -0.39 is 5.97 Å². The molecule has 0 unspecified atom stereocenters. The summed E-state index contributed by atoms with van der Waals surface area (Å²) in [4.78, 5) is 14.0. The summed E-state index contributed by atoms with van der Waals surface area (Å²) in [5, 5.41) is 3.36. The van der Waals surface area contributed by atoms with Crippen LogP contribution in [0.4, 0.5) is 0 Å². The summed E-state index contributed by atoms with van der Waals surface area (Å²) in [6.45, 7) is 0.00993. The highest BCUT2D eigenvalue weighted by atomic mass is 16.5. The normalized spacial score (nSPS) is 10.5. The molecule has 0 N–H and O–H groups in total. The summed E-state index contributed by atoms with van der Waals surface area (Å²) in [6, 6.07) is 9.69. The first-order chi connectivity index (χ1) is 8.27.